The lowest BCUT2D eigenvalue weighted by atomic mass is 9.86. The summed E-state index contributed by atoms with van der Waals surface area (Å²) in [6.07, 6.45) is 2.02. The molecule has 5 rings (SSSR count). The monoisotopic (exact) mass is 370 g/mol. The van der Waals surface area contributed by atoms with Crippen LogP contribution in [-0.4, -0.2) is 18.6 Å². The van der Waals surface area contributed by atoms with Crippen LogP contribution in [0.2, 0.25) is 0 Å². The minimum Gasteiger partial charge on any atom is -0.497 e. The van der Waals surface area contributed by atoms with Gasteiger partial charge in [0.2, 0.25) is 5.89 Å². The average Bonchev–Trinajstić information content (AvgIpc) is 3.39. The Labute approximate surface area is 164 Å². The van der Waals surface area contributed by atoms with Gasteiger partial charge in [0.25, 0.3) is 0 Å². The maximum Gasteiger partial charge on any atom is 0.226 e. The Kier molecular flexibility index (Phi) is 4.05. The molecule has 0 spiro atoms. The van der Waals surface area contributed by atoms with Crippen molar-refractivity contribution >= 4 is 16.8 Å². The van der Waals surface area contributed by atoms with E-state index in [2.05, 4.69) is 47.4 Å². The van der Waals surface area contributed by atoms with E-state index in [9.17, 15) is 0 Å². The van der Waals surface area contributed by atoms with Crippen LogP contribution in [0, 0.1) is 0 Å². The molecular formula is C24H22N2O2. The lowest BCUT2D eigenvalue weighted by Gasteiger charge is -2.38. The molecule has 2 heterocycles. The highest BCUT2D eigenvalue weighted by molar-refractivity contribution is 5.73. The number of aromatic nitrogens is 1. The van der Waals surface area contributed by atoms with E-state index >= 15 is 0 Å². The number of para-hydroxylation sites is 2. The molecule has 140 valence electrons. The maximum atomic E-state index is 6.33. The first-order valence-electron chi connectivity index (χ1n) is 9.64. The van der Waals surface area contributed by atoms with Crippen LogP contribution in [0.4, 0.5) is 5.69 Å². The molecule has 0 N–H and O–H groups in total. The minimum atomic E-state index is -0.422. The molecule has 28 heavy (non-hydrogen) atoms. The Hall–Kier alpha value is -3.27. The minimum absolute atomic E-state index is 0.422. The summed E-state index contributed by atoms with van der Waals surface area (Å²) in [5, 5.41) is 0. The van der Waals surface area contributed by atoms with Crippen LogP contribution >= 0.6 is 0 Å². The predicted molar refractivity (Wildman–Crippen MR) is 111 cm³/mol. The highest BCUT2D eigenvalue weighted by Gasteiger charge is 2.48. The van der Waals surface area contributed by atoms with Crippen molar-refractivity contribution in [2.75, 3.05) is 18.6 Å². The van der Waals surface area contributed by atoms with Gasteiger partial charge in [0.1, 0.15) is 16.8 Å². The summed E-state index contributed by atoms with van der Waals surface area (Å²) in [6.45, 7) is 0.944. The van der Waals surface area contributed by atoms with Crippen LogP contribution in [0.1, 0.15) is 24.3 Å². The Bertz CT molecular complexity index is 1060. The van der Waals surface area contributed by atoms with E-state index in [4.69, 9.17) is 14.1 Å². The van der Waals surface area contributed by atoms with E-state index in [-0.39, 0.29) is 0 Å². The van der Waals surface area contributed by atoms with Gasteiger partial charge in [0.15, 0.2) is 5.58 Å². The zero-order chi connectivity index (χ0) is 19.0. The number of fused-ring (bicyclic) bond motifs is 1. The number of nitrogens with zero attached hydrogens (tertiary/aromatic N) is 2. The largest absolute Gasteiger partial charge is 0.497 e. The fourth-order valence-electron chi connectivity index (χ4n) is 4.34. The molecule has 4 aromatic rings. The quantitative estimate of drug-likeness (QED) is 0.483. The number of hydrogen-bond acceptors (Lipinski definition) is 4. The first-order chi connectivity index (χ1) is 13.8. The third-order valence-electron chi connectivity index (χ3n) is 5.66. The van der Waals surface area contributed by atoms with E-state index in [0.29, 0.717) is 0 Å². The third-order valence-corrected chi connectivity index (χ3v) is 5.66. The third kappa shape index (κ3) is 2.56. The van der Waals surface area contributed by atoms with E-state index in [1.165, 1.54) is 5.56 Å². The van der Waals surface area contributed by atoms with Gasteiger partial charge in [-0.15, -0.1) is 0 Å². The Morgan fingerprint density at radius 1 is 0.929 bits per heavy atom. The lowest BCUT2D eigenvalue weighted by Crippen LogP contribution is -2.42. The second-order valence-electron chi connectivity index (χ2n) is 7.17. The molecule has 3 aromatic carbocycles. The van der Waals surface area contributed by atoms with Crippen molar-refractivity contribution < 1.29 is 9.15 Å². The summed E-state index contributed by atoms with van der Waals surface area (Å²) < 4.78 is 11.7. The summed E-state index contributed by atoms with van der Waals surface area (Å²) in [4.78, 5) is 7.34. The topological polar surface area (TPSA) is 38.5 Å². The fraction of sp³-hybridized carbons (Fsp3) is 0.208. The molecule has 1 aliphatic heterocycles. The number of methoxy groups -OCH3 is 1. The second-order valence-corrected chi connectivity index (χ2v) is 7.17. The molecule has 4 heteroatoms. The summed E-state index contributed by atoms with van der Waals surface area (Å²) in [5.74, 6) is 1.61. The average molecular weight is 370 g/mol. The van der Waals surface area contributed by atoms with Gasteiger partial charge in [0.05, 0.1) is 7.11 Å². The molecule has 1 atom stereocenters. The SMILES string of the molecule is COc1ccc(N2CCCC2(c2ccccc2)c2nc3ccccc3o2)cc1. The van der Waals surface area contributed by atoms with Crippen LogP contribution in [0.15, 0.2) is 83.3 Å². The zero-order valence-corrected chi connectivity index (χ0v) is 15.8. The molecule has 0 saturated carbocycles. The van der Waals surface area contributed by atoms with Crippen molar-refractivity contribution in [3.05, 3.63) is 90.3 Å². The van der Waals surface area contributed by atoms with Crippen molar-refractivity contribution in [3.63, 3.8) is 0 Å². The van der Waals surface area contributed by atoms with Gasteiger partial charge in [-0.05, 0) is 54.8 Å². The molecular weight excluding hydrogens is 348 g/mol. The number of anilines is 1. The van der Waals surface area contributed by atoms with Crippen molar-refractivity contribution in [3.8, 4) is 5.75 Å². The Balaban J connectivity index is 1.71. The van der Waals surface area contributed by atoms with Crippen molar-refractivity contribution in [2.24, 2.45) is 0 Å². The zero-order valence-electron chi connectivity index (χ0n) is 15.8. The van der Waals surface area contributed by atoms with Gasteiger partial charge in [-0.1, -0.05) is 42.5 Å². The Morgan fingerprint density at radius 2 is 1.68 bits per heavy atom. The number of hydrogen-bond donors (Lipinski definition) is 0. The molecule has 1 aliphatic rings. The van der Waals surface area contributed by atoms with Crippen molar-refractivity contribution in [1.82, 2.24) is 4.98 Å². The van der Waals surface area contributed by atoms with Gasteiger partial charge in [-0.25, -0.2) is 4.98 Å². The lowest BCUT2D eigenvalue weighted by molar-refractivity contribution is 0.391. The van der Waals surface area contributed by atoms with Crippen LogP contribution < -0.4 is 9.64 Å². The molecule has 0 bridgehead atoms. The van der Waals surface area contributed by atoms with Crippen LogP contribution in [0.3, 0.4) is 0 Å². The maximum absolute atomic E-state index is 6.33. The number of ether oxygens (including phenoxy) is 1. The molecule has 4 nitrogen and oxygen atoms in total. The van der Waals surface area contributed by atoms with Crippen molar-refractivity contribution in [2.45, 2.75) is 18.4 Å². The predicted octanol–water partition coefficient (Wildman–Crippen LogP) is 5.38. The van der Waals surface area contributed by atoms with E-state index in [0.717, 1.165) is 47.8 Å². The van der Waals surface area contributed by atoms with Gasteiger partial charge < -0.3 is 14.1 Å². The van der Waals surface area contributed by atoms with Crippen LogP contribution in [0.25, 0.3) is 11.1 Å². The van der Waals surface area contributed by atoms with Gasteiger partial charge in [0, 0.05) is 12.2 Å². The summed E-state index contributed by atoms with van der Waals surface area (Å²) in [7, 11) is 1.69. The number of benzene rings is 3. The number of rotatable bonds is 4. The van der Waals surface area contributed by atoms with Crippen molar-refractivity contribution in [1.29, 1.82) is 0 Å². The molecule has 1 saturated heterocycles. The molecule has 0 radical (unpaired) electrons. The highest BCUT2D eigenvalue weighted by Crippen LogP contribution is 2.47. The van der Waals surface area contributed by atoms with Gasteiger partial charge >= 0.3 is 0 Å². The van der Waals surface area contributed by atoms with Gasteiger partial charge in [-0.3, -0.25) is 0 Å². The smallest absolute Gasteiger partial charge is 0.226 e. The molecule has 0 aliphatic carbocycles. The summed E-state index contributed by atoms with van der Waals surface area (Å²) in [6, 6.07) is 26.8. The van der Waals surface area contributed by atoms with E-state index in [1.807, 2.05) is 36.4 Å². The fourth-order valence-corrected chi connectivity index (χ4v) is 4.34. The highest BCUT2D eigenvalue weighted by atomic mass is 16.5. The Morgan fingerprint density at radius 3 is 2.43 bits per heavy atom. The molecule has 0 amide bonds. The number of oxazole rings is 1. The van der Waals surface area contributed by atoms with Crippen LogP contribution in [-0.2, 0) is 5.54 Å². The molecule has 1 fully saturated rings. The first kappa shape index (κ1) is 16.9. The standard InChI is InChI=1S/C24H22N2O2/c1-27-20-14-12-19(13-15-20)26-17-7-16-24(26,18-8-3-2-4-9-18)23-25-21-10-5-6-11-22(21)28-23/h2-6,8-15H,7,16-17H2,1H3. The van der Waals surface area contributed by atoms with E-state index in [1.54, 1.807) is 7.11 Å². The first-order valence-corrected chi connectivity index (χ1v) is 9.64. The van der Waals surface area contributed by atoms with Gasteiger partial charge in [-0.2, -0.15) is 0 Å². The van der Waals surface area contributed by atoms with Crippen LogP contribution in [0.5, 0.6) is 5.75 Å². The normalized spacial score (nSPS) is 19.2. The van der Waals surface area contributed by atoms with E-state index < -0.39 is 5.54 Å². The summed E-state index contributed by atoms with van der Waals surface area (Å²) in [5.41, 5.74) is 3.65. The second kappa shape index (κ2) is 6.71. The molecule has 1 aromatic heterocycles. The summed E-state index contributed by atoms with van der Waals surface area (Å²) >= 11 is 0. The molecule has 1 unspecified atom stereocenters.